The van der Waals surface area contributed by atoms with Gasteiger partial charge < -0.3 is 16.0 Å². The fraction of sp³-hybridized carbons (Fsp3) is 0.231. The van der Waals surface area contributed by atoms with Crippen LogP contribution in [0, 0.1) is 0 Å². The zero-order valence-electron chi connectivity index (χ0n) is 20.5. The van der Waals surface area contributed by atoms with Gasteiger partial charge in [0.15, 0.2) is 5.65 Å². The number of carbonyl (C=O) groups is 2. The Morgan fingerprint density at radius 1 is 1.13 bits per heavy atom. The van der Waals surface area contributed by atoms with Crippen LogP contribution in [0.1, 0.15) is 34.8 Å². The van der Waals surface area contributed by atoms with E-state index in [4.69, 9.17) is 10.8 Å². The van der Waals surface area contributed by atoms with Crippen LogP contribution in [-0.4, -0.2) is 54.5 Å². The van der Waals surface area contributed by atoms with E-state index >= 15 is 0 Å². The van der Waals surface area contributed by atoms with E-state index < -0.39 is 17.6 Å². The molecular formula is C26H23F3N8O2. The summed E-state index contributed by atoms with van der Waals surface area (Å²) in [6.07, 6.45) is 0.628. The minimum absolute atomic E-state index is 0.141. The molecule has 1 aliphatic rings. The normalized spacial score (nSPS) is 15.8. The molecule has 1 atom stereocenters. The Balaban J connectivity index is 1.43. The Bertz CT molecular complexity index is 1570. The summed E-state index contributed by atoms with van der Waals surface area (Å²) in [5.41, 5.74) is 7.15. The number of nitrogen functional groups attached to an aromatic ring is 1. The van der Waals surface area contributed by atoms with E-state index in [0.29, 0.717) is 35.4 Å². The molecule has 2 amide bonds. The molecule has 0 bridgehead atoms. The Morgan fingerprint density at radius 2 is 1.90 bits per heavy atom. The van der Waals surface area contributed by atoms with E-state index in [2.05, 4.69) is 26.8 Å². The van der Waals surface area contributed by atoms with Crippen LogP contribution in [0.5, 0.6) is 0 Å². The van der Waals surface area contributed by atoms with Crippen molar-refractivity contribution in [2.75, 3.05) is 24.1 Å². The molecule has 0 radical (unpaired) electrons. The molecule has 39 heavy (non-hydrogen) atoms. The first kappa shape index (κ1) is 25.8. The number of piperidine rings is 1. The average molecular weight is 537 g/mol. The molecule has 0 unspecified atom stereocenters. The highest BCUT2D eigenvalue weighted by Crippen LogP contribution is 2.34. The summed E-state index contributed by atoms with van der Waals surface area (Å²) in [6.45, 7) is 4.63. The van der Waals surface area contributed by atoms with Gasteiger partial charge in [-0.3, -0.25) is 9.59 Å². The molecule has 3 aromatic heterocycles. The zero-order valence-corrected chi connectivity index (χ0v) is 20.5. The molecular weight excluding hydrogens is 513 g/mol. The summed E-state index contributed by atoms with van der Waals surface area (Å²) in [5, 5.41) is 7.71. The van der Waals surface area contributed by atoms with Gasteiger partial charge in [-0.25, -0.2) is 19.6 Å². The maximum absolute atomic E-state index is 13.0. The van der Waals surface area contributed by atoms with E-state index in [1.807, 2.05) is 0 Å². The van der Waals surface area contributed by atoms with Crippen molar-refractivity contribution in [2.45, 2.75) is 25.1 Å². The number of nitrogens with two attached hydrogens (primary N) is 1. The van der Waals surface area contributed by atoms with E-state index in [1.54, 1.807) is 21.7 Å². The highest BCUT2D eigenvalue weighted by atomic mass is 19.4. The highest BCUT2D eigenvalue weighted by Gasteiger charge is 2.31. The molecule has 3 N–H and O–H groups in total. The molecule has 1 saturated heterocycles. The van der Waals surface area contributed by atoms with Gasteiger partial charge in [-0.15, -0.1) is 0 Å². The van der Waals surface area contributed by atoms with Gasteiger partial charge in [-0.1, -0.05) is 18.7 Å². The maximum atomic E-state index is 13.0. The number of hydrogen-bond acceptors (Lipinski definition) is 7. The first-order chi connectivity index (χ1) is 18.7. The van der Waals surface area contributed by atoms with Gasteiger partial charge in [-0.2, -0.15) is 18.3 Å². The predicted molar refractivity (Wildman–Crippen MR) is 137 cm³/mol. The molecule has 13 heteroatoms. The predicted octanol–water partition coefficient (Wildman–Crippen LogP) is 4.09. The number of anilines is 2. The second-order valence-electron chi connectivity index (χ2n) is 8.99. The van der Waals surface area contributed by atoms with E-state index in [9.17, 15) is 22.8 Å². The standard InChI is InChI=1S/C26H23F3N8O2/c1-2-20(38)36-11-3-4-18(13-36)37-24-21(23(30)32-14-33-24)22(35-37)15-5-7-16(8-6-15)25(39)34-19-12-17(9-10-31-19)26(27,28)29/h2,5-10,12,14,18H,1,3-4,11,13H2,(H2,30,32,33)(H,31,34,39)/t18-/m1/s1. The van der Waals surface area contributed by atoms with Crippen molar-refractivity contribution in [1.82, 2.24) is 29.6 Å². The molecule has 1 aromatic carbocycles. The minimum atomic E-state index is -4.56. The smallest absolute Gasteiger partial charge is 0.383 e. The number of rotatable bonds is 5. The Kier molecular flexibility index (Phi) is 6.73. The van der Waals surface area contributed by atoms with Gasteiger partial charge in [0, 0.05) is 30.4 Å². The maximum Gasteiger partial charge on any atom is 0.416 e. The quantitative estimate of drug-likeness (QED) is 0.367. The number of aromatic nitrogens is 5. The molecule has 4 aromatic rings. The van der Waals surface area contributed by atoms with Crippen molar-refractivity contribution in [3.63, 3.8) is 0 Å². The van der Waals surface area contributed by atoms with Crippen molar-refractivity contribution in [3.8, 4) is 11.3 Å². The summed E-state index contributed by atoms with van der Waals surface area (Å²) in [4.78, 5) is 38.9. The van der Waals surface area contributed by atoms with Gasteiger partial charge in [0.1, 0.15) is 23.7 Å². The van der Waals surface area contributed by atoms with Crippen LogP contribution in [0.15, 0.2) is 61.6 Å². The van der Waals surface area contributed by atoms with Gasteiger partial charge in [0.05, 0.1) is 17.0 Å². The zero-order chi connectivity index (χ0) is 27.7. The third-order valence-electron chi connectivity index (χ3n) is 6.50. The molecule has 1 aliphatic heterocycles. The number of pyridine rings is 1. The second kappa shape index (κ2) is 10.2. The Labute approximate surface area is 220 Å². The van der Waals surface area contributed by atoms with E-state index in [-0.39, 0.29) is 29.1 Å². The minimum Gasteiger partial charge on any atom is -0.383 e. The van der Waals surface area contributed by atoms with E-state index in [0.717, 1.165) is 31.2 Å². The van der Waals surface area contributed by atoms with Gasteiger partial charge in [0.2, 0.25) is 5.91 Å². The van der Waals surface area contributed by atoms with Crippen LogP contribution >= 0.6 is 0 Å². The van der Waals surface area contributed by atoms with Gasteiger partial charge >= 0.3 is 6.18 Å². The summed E-state index contributed by atoms with van der Waals surface area (Å²) in [6, 6.07) is 7.80. The third-order valence-corrected chi connectivity index (χ3v) is 6.50. The molecule has 0 aliphatic carbocycles. The van der Waals surface area contributed by atoms with Crippen molar-refractivity contribution in [2.24, 2.45) is 0 Å². The lowest BCUT2D eigenvalue weighted by molar-refractivity contribution is -0.137. The number of nitrogens with one attached hydrogen (secondary N) is 1. The van der Waals surface area contributed by atoms with Crippen LogP contribution in [0.25, 0.3) is 22.3 Å². The van der Waals surface area contributed by atoms with Gasteiger partial charge in [-0.05, 0) is 43.2 Å². The van der Waals surface area contributed by atoms with Crippen molar-refractivity contribution >= 4 is 34.5 Å². The number of amides is 2. The lowest BCUT2D eigenvalue weighted by atomic mass is 10.1. The largest absolute Gasteiger partial charge is 0.416 e. The monoisotopic (exact) mass is 536 g/mol. The van der Waals surface area contributed by atoms with Crippen LogP contribution in [-0.2, 0) is 11.0 Å². The van der Waals surface area contributed by atoms with Crippen LogP contribution in [0.4, 0.5) is 24.8 Å². The van der Waals surface area contributed by atoms with E-state index in [1.165, 1.54) is 24.5 Å². The fourth-order valence-electron chi connectivity index (χ4n) is 4.58. The highest BCUT2D eigenvalue weighted by molar-refractivity contribution is 6.04. The fourth-order valence-corrected chi connectivity index (χ4v) is 4.58. The van der Waals surface area contributed by atoms with Crippen molar-refractivity contribution < 1.29 is 22.8 Å². The topological polar surface area (TPSA) is 132 Å². The summed E-state index contributed by atoms with van der Waals surface area (Å²) in [7, 11) is 0. The van der Waals surface area contributed by atoms with Gasteiger partial charge in [0.25, 0.3) is 5.91 Å². The first-order valence-electron chi connectivity index (χ1n) is 12.0. The second-order valence-corrected chi connectivity index (χ2v) is 8.99. The summed E-state index contributed by atoms with van der Waals surface area (Å²) >= 11 is 0. The number of benzene rings is 1. The average Bonchev–Trinajstić information content (AvgIpc) is 3.33. The molecule has 200 valence electrons. The van der Waals surface area contributed by atoms with Crippen molar-refractivity contribution in [1.29, 1.82) is 0 Å². The molecule has 10 nitrogen and oxygen atoms in total. The van der Waals surface area contributed by atoms with Crippen molar-refractivity contribution in [3.05, 3.63) is 72.7 Å². The molecule has 5 rings (SSSR count). The molecule has 0 spiro atoms. The number of carbonyl (C=O) groups excluding carboxylic acids is 2. The molecule has 0 saturated carbocycles. The summed E-state index contributed by atoms with van der Waals surface area (Å²) < 4.78 is 40.7. The number of fused-ring (bicyclic) bond motifs is 1. The van der Waals surface area contributed by atoms with Crippen LogP contribution in [0.2, 0.25) is 0 Å². The number of alkyl halides is 3. The lowest BCUT2D eigenvalue weighted by Gasteiger charge is -2.32. The number of halogens is 3. The molecule has 1 fully saturated rings. The Hall–Kier alpha value is -4.81. The number of nitrogens with zero attached hydrogens (tertiary/aromatic N) is 6. The molecule has 4 heterocycles. The SMILES string of the molecule is C=CC(=O)N1CCC[C@@H](n2nc(-c3ccc(C(=O)Nc4cc(C(F)(F)F)ccn4)cc3)c3c(N)ncnc32)C1. The first-order valence-corrected chi connectivity index (χ1v) is 12.0. The van der Waals surface area contributed by atoms with Crippen LogP contribution in [0.3, 0.4) is 0 Å². The number of hydrogen-bond donors (Lipinski definition) is 2. The number of likely N-dealkylation sites (tertiary alicyclic amines) is 1. The lowest BCUT2D eigenvalue weighted by Crippen LogP contribution is -2.40. The summed E-state index contributed by atoms with van der Waals surface area (Å²) in [5.74, 6) is -0.765. The Morgan fingerprint density at radius 3 is 2.62 bits per heavy atom. The van der Waals surface area contributed by atoms with Crippen LogP contribution < -0.4 is 11.1 Å². The third kappa shape index (κ3) is 5.15.